The number of methoxy groups -OCH3 is 1. The Morgan fingerprint density at radius 2 is 2.00 bits per heavy atom. The first-order valence-corrected chi connectivity index (χ1v) is 9.60. The van der Waals surface area contributed by atoms with E-state index < -0.39 is 0 Å². The van der Waals surface area contributed by atoms with E-state index >= 15 is 0 Å². The number of allylic oxidation sites excluding steroid dienone is 1. The maximum absolute atomic E-state index is 13.2. The summed E-state index contributed by atoms with van der Waals surface area (Å²) in [7, 11) is 1.62. The lowest BCUT2D eigenvalue weighted by Crippen LogP contribution is -2.43. The van der Waals surface area contributed by atoms with Gasteiger partial charge in [-0.2, -0.15) is 0 Å². The second kappa shape index (κ2) is 8.76. The van der Waals surface area contributed by atoms with Crippen LogP contribution in [0.15, 0.2) is 48.5 Å². The molecule has 2 aromatic rings. The number of benzene rings is 2. The molecule has 1 aliphatic rings. The van der Waals surface area contributed by atoms with Gasteiger partial charge in [-0.1, -0.05) is 44.6 Å². The highest BCUT2D eigenvalue weighted by molar-refractivity contribution is 6.07. The number of carbonyl (C=O) groups is 1. The minimum Gasteiger partial charge on any atom is -0.497 e. The van der Waals surface area contributed by atoms with Crippen LogP contribution in [0.1, 0.15) is 49.0 Å². The molecule has 4 nitrogen and oxygen atoms in total. The molecular formula is C23H27NO3. The van der Waals surface area contributed by atoms with Crippen molar-refractivity contribution in [2.75, 3.05) is 18.6 Å². The zero-order chi connectivity index (χ0) is 19.2. The van der Waals surface area contributed by atoms with Crippen LogP contribution >= 0.6 is 0 Å². The van der Waals surface area contributed by atoms with Crippen LogP contribution in [-0.2, 0) is 0 Å². The molecule has 4 heteroatoms. The molecule has 0 N–H and O–H groups in total. The first-order chi connectivity index (χ1) is 13.2. The van der Waals surface area contributed by atoms with Crippen molar-refractivity contribution in [3.63, 3.8) is 0 Å². The quantitative estimate of drug-likeness (QED) is 0.695. The normalized spacial score (nSPS) is 16.1. The molecule has 1 unspecified atom stereocenters. The second-order valence-corrected chi connectivity index (χ2v) is 6.68. The van der Waals surface area contributed by atoms with Crippen LogP contribution in [0.4, 0.5) is 5.69 Å². The fourth-order valence-electron chi connectivity index (χ4n) is 3.19. The summed E-state index contributed by atoms with van der Waals surface area (Å²) in [6, 6.07) is 13.2. The minimum absolute atomic E-state index is 0.0135. The van der Waals surface area contributed by atoms with E-state index in [0.29, 0.717) is 12.1 Å². The van der Waals surface area contributed by atoms with E-state index in [1.807, 2.05) is 47.4 Å². The van der Waals surface area contributed by atoms with Gasteiger partial charge < -0.3 is 14.4 Å². The zero-order valence-corrected chi connectivity index (χ0v) is 16.3. The Kier molecular flexibility index (Phi) is 6.17. The van der Waals surface area contributed by atoms with Crippen LogP contribution in [0, 0.1) is 0 Å². The molecular weight excluding hydrogens is 338 g/mol. The van der Waals surface area contributed by atoms with E-state index in [1.54, 1.807) is 7.11 Å². The molecule has 0 fully saturated rings. The molecule has 27 heavy (non-hydrogen) atoms. The topological polar surface area (TPSA) is 38.8 Å². The van der Waals surface area contributed by atoms with Gasteiger partial charge in [0.15, 0.2) is 5.75 Å². The van der Waals surface area contributed by atoms with Gasteiger partial charge >= 0.3 is 0 Å². The van der Waals surface area contributed by atoms with Gasteiger partial charge in [0.1, 0.15) is 11.9 Å². The molecule has 142 valence electrons. The highest BCUT2D eigenvalue weighted by atomic mass is 16.5. The molecule has 0 spiro atoms. The van der Waals surface area contributed by atoms with Crippen molar-refractivity contribution in [1.82, 2.24) is 0 Å². The van der Waals surface area contributed by atoms with Crippen molar-refractivity contribution in [2.24, 2.45) is 0 Å². The Hall–Kier alpha value is -2.75. The number of para-hydroxylation sites is 1. The first-order valence-electron chi connectivity index (χ1n) is 9.60. The summed E-state index contributed by atoms with van der Waals surface area (Å²) in [5, 5.41) is 0. The second-order valence-electron chi connectivity index (χ2n) is 6.68. The minimum atomic E-state index is -0.0182. The number of amides is 1. The SMILES string of the molecule is CCC/C=C/c1cccc2c1OC(CC)CN2C(=O)c1ccc(OC)cc1. The summed E-state index contributed by atoms with van der Waals surface area (Å²) in [5.41, 5.74) is 2.50. The zero-order valence-electron chi connectivity index (χ0n) is 16.3. The summed E-state index contributed by atoms with van der Waals surface area (Å²) < 4.78 is 11.4. The molecule has 2 aromatic carbocycles. The number of nitrogens with zero attached hydrogens (tertiary/aromatic N) is 1. The van der Waals surface area contributed by atoms with E-state index in [4.69, 9.17) is 9.47 Å². The van der Waals surface area contributed by atoms with Crippen LogP contribution in [0.25, 0.3) is 6.08 Å². The molecule has 0 radical (unpaired) electrons. The van der Waals surface area contributed by atoms with Crippen molar-refractivity contribution >= 4 is 17.7 Å². The van der Waals surface area contributed by atoms with Crippen molar-refractivity contribution in [1.29, 1.82) is 0 Å². The van der Waals surface area contributed by atoms with Crippen LogP contribution < -0.4 is 14.4 Å². The maximum atomic E-state index is 13.2. The molecule has 0 aliphatic carbocycles. The lowest BCUT2D eigenvalue weighted by atomic mass is 10.1. The van der Waals surface area contributed by atoms with E-state index in [-0.39, 0.29) is 12.0 Å². The van der Waals surface area contributed by atoms with Gasteiger partial charge in [-0.15, -0.1) is 0 Å². The van der Waals surface area contributed by atoms with E-state index in [1.165, 1.54) is 0 Å². The van der Waals surface area contributed by atoms with E-state index in [0.717, 1.165) is 42.0 Å². The van der Waals surface area contributed by atoms with Gasteiger partial charge in [0.05, 0.1) is 19.3 Å². The summed E-state index contributed by atoms with van der Waals surface area (Å²) in [4.78, 5) is 15.0. The number of rotatable bonds is 6. The third-order valence-electron chi connectivity index (χ3n) is 4.78. The standard InChI is InChI=1S/C23H27NO3/c1-4-6-7-9-17-10-8-11-21-22(17)27-19(5-2)16-24(21)23(25)18-12-14-20(26-3)15-13-18/h7-15,19H,4-6,16H2,1-3H3/b9-7+. The molecule has 1 heterocycles. The van der Waals surface area contributed by atoms with E-state index in [2.05, 4.69) is 26.0 Å². The average Bonchev–Trinajstić information content (AvgIpc) is 2.73. The average molecular weight is 365 g/mol. The molecule has 0 saturated carbocycles. The Morgan fingerprint density at radius 3 is 2.67 bits per heavy atom. The van der Waals surface area contributed by atoms with Gasteiger partial charge in [-0.05, 0) is 43.2 Å². The predicted octanol–water partition coefficient (Wildman–Crippen LogP) is 5.33. The van der Waals surface area contributed by atoms with E-state index in [9.17, 15) is 4.79 Å². The van der Waals surface area contributed by atoms with Crippen LogP contribution in [0.2, 0.25) is 0 Å². The van der Waals surface area contributed by atoms with Crippen LogP contribution in [0.3, 0.4) is 0 Å². The fraction of sp³-hybridized carbons (Fsp3) is 0.348. The van der Waals surface area contributed by atoms with Crippen LogP contribution in [0.5, 0.6) is 11.5 Å². The van der Waals surface area contributed by atoms with Crippen molar-refractivity contribution < 1.29 is 14.3 Å². The fourth-order valence-corrected chi connectivity index (χ4v) is 3.19. The molecule has 1 aliphatic heterocycles. The Balaban J connectivity index is 1.97. The number of hydrogen-bond donors (Lipinski definition) is 0. The highest BCUT2D eigenvalue weighted by Crippen LogP contribution is 2.38. The lowest BCUT2D eigenvalue weighted by molar-refractivity contribution is 0.0954. The molecule has 3 rings (SSSR count). The molecule has 0 saturated heterocycles. The summed E-state index contributed by atoms with van der Waals surface area (Å²) >= 11 is 0. The molecule has 0 aromatic heterocycles. The smallest absolute Gasteiger partial charge is 0.258 e. The van der Waals surface area contributed by atoms with Crippen molar-refractivity contribution in [2.45, 2.75) is 39.2 Å². The summed E-state index contributed by atoms with van der Waals surface area (Å²) in [5.74, 6) is 1.52. The number of carbonyl (C=O) groups excluding carboxylic acids is 1. The van der Waals surface area contributed by atoms with Gasteiger partial charge in [-0.3, -0.25) is 4.79 Å². The molecule has 1 amide bonds. The maximum Gasteiger partial charge on any atom is 0.258 e. The number of fused-ring (bicyclic) bond motifs is 1. The van der Waals surface area contributed by atoms with Crippen molar-refractivity contribution in [3.05, 3.63) is 59.7 Å². The predicted molar refractivity (Wildman–Crippen MR) is 110 cm³/mol. The van der Waals surface area contributed by atoms with Crippen LogP contribution in [-0.4, -0.2) is 25.7 Å². The Morgan fingerprint density at radius 1 is 1.22 bits per heavy atom. The van der Waals surface area contributed by atoms with Gasteiger partial charge in [0, 0.05) is 11.1 Å². The Bertz CT molecular complexity index is 811. The number of anilines is 1. The lowest BCUT2D eigenvalue weighted by Gasteiger charge is -2.35. The summed E-state index contributed by atoms with van der Waals surface area (Å²) in [6.07, 6.45) is 7.21. The summed E-state index contributed by atoms with van der Waals surface area (Å²) in [6.45, 7) is 4.79. The number of ether oxygens (including phenoxy) is 2. The molecule has 1 atom stereocenters. The largest absolute Gasteiger partial charge is 0.497 e. The third kappa shape index (κ3) is 4.16. The third-order valence-corrected chi connectivity index (χ3v) is 4.78. The number of hydrogen-bond acceptors (Lipinski definition) is 3. The van der Waals surface area contributed by atoms with Crippen molar-refractivity contribution in [3.8, 4) is 11.5 Å². The highest BCUT2D eigenvalue weighted by Gasteiger charge is 2.30. The molecule has 0 bridgehead atoms. The first kappa shape index (κ1) is 19.0. The monoisotopic (exact) mass is 365 g/mol. The van der Waals surface area contributed by atoms with Gasteiger partial charge in [0.2, 0.25) is 0 Å². The number of unbranched alkanes of at least 4 members (excludes halogenated alkanes) is 1. The Labute approximate surface area is 161 Å². The van der Waals surface area contributed by atoms with Gasteiger partial charge in [-0.25, -0.2) is 0 Å². The van der Waals surface area contributed by atoms with Gasteiger partial charge in [0.25, 0.3) is 5.91 Å².